The molecule has 0 bridgehead atoms. The summed E-state index contributed by atoms with van der Waals surface area (Å²) < 4.78 is 0. The van der Waals surface area contributed by atoms with Gasteiger partial charge in [0.25, 0.3) is 0 Å². The second-order valence-corrected chi connectivity index (χ2v) is 7.21. The van der Waals surface area contributed by atoms with Gasteiger partial charge in [0.15, 0.2) is 0 Å². The predicted molar refractivity (Wildman–Crippen MR) is 107 cm³/mol. The number of carboxylic acid groups (broad SMARTS) is 1. The second kappa shape index (κ2) is 11.3. The minimum atomic E-state index is -1.23. The molecule has 10 nitrogen and oxygen atoms in total. The van der Waals surface area contributed by atoms with Crippen LogP contribution in [0.1, 0.15) is 25.3 Å². The summed E-state index contributed by atoms with van der Waals surface area (Å²) in [6.07, 6.45) is 1.59. The van der Waals surface area contributed by atoms with Gasteiger partial charge in [0.2, 0.25) is 17.7 Å². The molecule has 0 saturated carbocycles. The number of carbonyl (C=O) groups excluding carboxylic acids is 3. The van der Waals surface area contributed by atoms with Crippen LogP contribution >= 0.6 is 0 Å². The second-order valence-electron chi connectivity index (χ2n) is 7.21. The van der Waals surface area contributed by atoms with Gasteiger partial charge >= 0.3 is 5.97 Å². The SMILES string of the molecule is CC(NC(=O)C(Cc1ccccc1)NC(=O)C(CO)NC(=O)C1CCCN1)C(=O)O. The van der Waals surface area contributed by atoms with Crippen molar-refractivity contribution in [3.63, 3.8) is 0 Å². The van der Waals surface area contributed by atoms with E-state index < -0.39 is 54.5 Å². The van der Waals surface area contributed by atoms with Crippen LogP contribution < -0.4 is 21.3 Å². The van der Waals surface area contributed by atoms with Crippen molar-refractivity contribution in [2.45, 2.75) is 50.4 Å². The van der Waals surface area contributed by atoms with E-state index in [2.05, 4.69) is 21.3 Å². The van der Waals surface area contributed by atoms with Gasteiger partial charge in [-0.1, -0.05) is 30.3 Å². The van der Waals surface area contributed by atoms with Gasteiger partial charge in [-0.3, -0.25) is 19.2 Å². The van der Waals surface area contributed by atoms with Crippen molar-refractivity contribution in [1.29, 1.82) is 0 Å². The van der Waals surface area contributed by atoms with Crippen molar-refractivity contribution in [2.24, 2.45) is 0 Å². The lowest BCUT2D eigenvalue weighted by Gasteiger charge is -2.24. The molecule has 1 aliphatic heterocycles. The minimum Gasteiger partial charge on any atom is -0.480 e. The molecule has 1 heterocycles. The number of nitrogens with one attached hydrogen (secondary N) is 4. The third-order valence-corrected chi connectivity index (χ3v) is 4.84. The zero-order chi connectivity index (χ0) is 22.1. The van der Waals surface area contributed by atoms with E-state index in [0.29, 0.717) is 13.0 Å². The molecule has 0 aliphatic carbocycles. The highest BCUT2D eigenvalue weighted by Crippen LogP contribution is 2.06. The van der Waals surface area contributed by atoms with Gasteiger partial charge in [0.05, 0.1) is 12.6 Å². The van der Waals surface area contributed by atoms with Gasteiger partial charge in [-0.05, 0) is 31.9 Å². The fraction of sp³-hybridized carbons (Fsp3) is 0.500. The van der Waals surface area contributed by atoms with Crippen LogP contribution in [0.2, 0.25) is 0 Å². The Labute approximate surface area is 174 Å². The summed E-state index contributed by atoms with van der Waals surface area (Å²) in [5.74, 6) is -3.02. The first kappa shape index (κ1) is 23.3. The first-order valence-corrected chi connectivity index (χ1v) is 9.84. The largest absolute Gasteiger partial charge is 0.480 e. The monoisotopic (exact) mass is 420 g/mol. The van der Waals surface area contributed by atoms with Gasteiger partial charge in [0.1, 0.15) is 18.1 Å². The quantitative estimate of drug-likeness (QED) is 0.270. The van der Waals surface area contributed by atoms with Crippen molar-refractivity contribution in [1.82, 2.24) is 21.3 Å². The molecule has 6 N–H and O–H groups in total. The summed E-state index contributed by atoms with van der Waals surface area (Å²) in [5, 5.41) is 28.9. The van der Waals surface area contributed by atoms with Crippen LogP contribution in [-0.4, -0.2) is 71.2 Å². The highest BCUT2D eigenvalue weighted by molar-refractivity contribution is 5.94. The molecule has 4 atom stereocenters. The molecule has 3 amide bonds. The summed E-state index contributed by atoms with van der Waals surface area (Å²) in [7, 11) is 0. The molecule has 4 unspecified atom stereocenters. The number of hydrogen-bond donors (Lipinski definition) is 6. The van der Waals surface area contributed by atoms with Gasteiger partial charge in [-0.2, -0.15) is 0 Å². The number of carbonyl (C=O) groups is 4. The summed E-state index contributed by atoms with van der Waals surface area (Å²) in [6.45, 7) is 1.37. The van der Waals surface area contributed by atoms with E-state index in [1.807, 2.05) is 0 Å². The Bertz CT molecular complexity index is 751. The lowest BCUT2D eigenvalue weighted by Crippen LogP contribution is -2.58. The Morgan fingerprint density at radius 1 is 1.07 bits per heavy atom. The van der Waals surface area contributed by atoms with Crippen LogP contribution in [0.25, 0.3) is 0 Å². The molecule has 1 fully saturated rings. The Balaban J connectivity index is 2.07. The van der Waals surface area contributed by atoms with Crippen molar-refractivity contribution in [3.05, 3.63) is 35.9 Å². The van der Waals surface area contributed by atoms with Crippen molar-refractivity contribution in [2.75, 3.05) is 13.2 Å². The fourth-order valence-electron chi connectivity index (χ4n) is 3.08. The minimum absolute atomic E-state index is 0.112. The molecular weight excluding hydrogens is 392 g/mol. The van der Waals surface area contributed by atoms with E-state index in [4.69, 9.17) is 5.11 Å². The highest BCUT2D eigenvalue weighted by atomic mass is 16.4. The van der Waals surface area contributed by atoms with Crippen molar-refractivity contribution >= 4 is 23.7 Å². The van der Waals surface area contributed by atoms with Gasteiger partial charge < -0.3 is 31.5 Å². The maximum atomic E-state index is 12.6. The van der Waals surface area contributed by atoms with Crippen LogP contribution in [-0.2, 0) is 25.6 Å². The molecule has 164 valence electrons. The number of rotatable bonds is 10. The number of carboxylic acids is 1. The molecule has 0 radical (unpaired) electrons. The van der Waals surface area contributed by atoms with Crippen LogP contribution in [0.3, 0.4) is 0 Å². The number of benzene rings is 1. The first-order valence-electron chi connectivity index (χ1n) is 9.84. The van der Waals surface area contributed by atoms with E-state index in [-0.39, 0.29) is 6.42 Å². The normalized spacial score (nSPS) is 18.7. The van der Waals surface area contributed by atoms with Crippen LogP contribution in [0, 0.1) is 0 Å². The Morgan fingerprint density at radius 2 is 1.73 bits per heavy atom. The van der Waals surface area contributed by atoms with Crippen LogP contribution in [0.15, 0.2) is 30.3 Å². The van der Waals surface area contributed by atoms with E-state index in [0.717, 1.165) is 12.0 Å². The highest BCUT2D eigenvalue weighted by Gasteiger charge is 2.30. The zero-order valence-electron chi connectivity index (χ0n) is 16.8. The summed E-state index contributed by atoms with van der Waals surface area (Å²) >= 11 is 0. The summed E-state index contributed by atoms with van der Waals surface area (Å²) in [6, 6.07) is 5.00. The number of hydrogen-bond acceptors (Lipinski definition) is 6. The maximum absolute atomic E-state index is 12.6. The van der Waals surface area contributed by atoms with Gasteiger partial charge in [-0.15, -0.1) is 0 Å². The molecule has 0 aromatic heterocycles. The summed E-state index contributed by atoms with van der Waals surface area (Å²) in [4.78, 5) is 48.5. The summed E-state index contributed by atoms with van der Waals surface area (Å²) in [5.41, 5.74) is 0.751. The Kier molecular flexibility index (Phi) is 8.75. The maximum Gasteiger partial charge on any atom is 0.325 e. The number of amides is 3. The van der Waals surface area contributed by atoms with E-state index in [1.165, 1.54) is 6.92 Å². The Morgan fingerprint density at radius 3 is 2.30 bits per heavy atom. The van der Waals surface area contributed by atoms with E-state index in [1.54, 1.807) is 30.3 Å². The Hall–Kier alpha value is -2.98. The van der Waals surface area contributed by atoms with Crippen LogP contribution in [0.5, 0.6) is 0 Å². The molecule has 2 rings (SSSR count). The molecule has 30 heavy (non-hydrogen) atoms. The third-order valence-electron chi connectivity index (χ3n) is 4.84. The average Bonchev–Trinajstić information content (AvgIpc) is 3.26. The molecule has 0 spiro atoms. The third kappa shape index (κ3) is 6.82. The number of aliphatic hydroxyl groups is 1. The topological polar surface area (TPSA) is 157 Å². The molecule has 10 heteroatoms. The number of aliphatic carboxylic acids is 1. The lowest BCUT2D eigenvalue weighted by atomic mass is 10.0. The smallest absolute Gasteiger partial charge is 0.325 e. The molecular formula is C20H28N4O6. The predicted octanol–water partition coefficient (Wildman–Crippen LogP) is -1.47. The van der Waals surface area contributed by atoms with E-state index in [9.17, 15) is 24.3 Å². The molecule has 1 saturated heterocycles. The van der Waals surface area contributed by atoms with Crippen LogP contribution in [0.4, 0.5) is 0 Å². The lowest BCUT2D eigenvalue weighted by molar-refractivity contribution is -0.141. The van der Waals surface area contributed by atoms with Gasteiger partial charge in [-0.25, -0.2) is 0 Å². The average molecular weight is 420 g/mol. The van der Waals surface area contributed by atoms with Gasteiger partial charge in [0, 0.05) is 6.42 Å². The molecule has 1 aliphatic rings. The molecule has 1 aromatic rings. The fourth-order valence-corrected chi connectivity index (χ4v) is 3.08. The van der Waals surface area contributed by atoms with E-state index >= 15 is 0 Å². The van der Waals surface area contributed by atoms with Crippen molar-refractivity contribution in [3.8, 4) is 0 Å². The first-order chi connectivity index (χ1) is 14.3. The molecule has 1 aromatic carbocycles. The number of aliphatic hydroxyl groups excluding tert-OH is 1. The zero-order valence-corrected chi connectivity index (χ0v) is 16.8. The van der Waals surface area contributed by atoms with Crippen molar-refractivity contribution < 1.29 is 29.4 Å². The standard InChI is InChI=1S/C20H28N4O6/c1-12(20(29)30)22-18(27)15(10-13-6-3-2-4-7-13)23-19(28)16(11-25)24-17(26)14-8-5-9-21-14/h2-4,6-7,12,14-16,21,25H,5,8-11H2,1H3,(H,22,27)(H,23,28)(H,24,26)(H,29,30).